The fraction of sp³-hybridized carbons (Fsp3) is 0.368. The number of nitrogens with one attached hydrogen (secondary N) is 1. The SMILES string of the molecule is COc1ccc(-n2c(C)cc(C(=O)NC3CC(C(=O)O)C3)c2C)cc1. The van der Waals surface area contributed by atoms with Gasteiger partial charge in [0.1, 0.15) is 5.75 Å². The number of carbonyl (C=O) groups excluding carboxylic acids is 1. The second kappa shape index (κ2) is 6.63. The van der Waals surface area contributed by atoms with E-state index >= 15 is 0 Å². The third kappa shape index (κ3) is 3.24. The van der Waals surface area contributed by atoms with E-state index in [9.17, 15) is 9.59 Å². The Hall–Kier alpha value is -2.76. The fourth-order valence-electron chi connectivity index (χ4n) is 3.32. The molecule has 1 saturated carbocycles. The summed E-state index contributed by atoms with van der Waals surface area (Å²) in [4.78, 5) is 23.4. The van der Waals surface area contributed by atoms with E-state index in [1.165, 1.54) is 0 Å². The average molecular weight is 342 g/mol. The first kappa shape index (κ1) is 17.1. The molecule has 1 heterocycles. The lowest BCUT2D eigenvalue weighted by Gasteiger charge is -2.32. The maximum Gasteiger partial charge on any atom is 0.306 e. The van der Waals surface area contributed by atoms with Gasteiger partial charge >= 0.3 is 5.97 Å². The van der Waals surface area contributed by atoms with Crippen LogP contribution in [0.2, 0.25) is 0 Å². The summed E-state index contributed by atoms with van der Waals surface area (Å²) in [6.45, 7) is 3.87. The molecule has 0 aliphatic heterocycles. The standard InChI is InChI=1S/C19H22N2O4/c1-11-8-17(18(22)20-14-9-13(10-14)19(23)24)12(2)21(11)15-4-6-16(25-3)7-5-15/h4-8,13-14H,9-10H2,1-3H3,(H,20,22)(H,23,24). The van der Waals surface area contributed by atoms with E-state index in [2.05, 4.69) is 5.32 Å². The second-order valence-corrected chi connectivity index (χ2v) is 6.50. The van der Waals surface area contributed by atoms with Crippen molar-refractivity contribution < 1.29 is 19.4 Å². The van der Waals surface area contributed by atoms with Crippen molar-refractivity contribution in [1.29, 1.82) is 0 Å². The zero-order valence-corrected chi connectivity index (χ0v) is 14.6. The Labute approximate surface area is 146 Å². The van der Waals surface area contributed by atoms with E-state index in [1.807, 2.05) is 48.7 Å². The molecule has 1 aromatic carbocycles. The first-order valence-electron chi connectivity index (χ1n) is 8.27. The number of carbonyl (C=O) groups is 2. The molecule has 0 unspecified atom stereocenters. The van der Waals surface area contributed by atoms with Crippen molar-refractivity contribution >= 4 is 11.9 Å². The molecule has 0 saturated heterocycles. The lowest BCUT2D eigenvalue weighted by Crippen LogP contribution is -2.46. The number of methoxy groups -OCH3 is 1. The molecule has 6 heteroatoms. The van der Waals surface area contributed by atoms with Crippen molar-refractivity contribution in [3.8, 4) is 11.4 Å². The summed E-state index contributed by atoms with van der Waals surface area (Å²) in [6.07, 6.45) is 0.997. The minimum atomic E-state index is -0.789. The second-order valence-electron chi connectivity index (χ2n) is 6.50. The topological polar surface area (TPSA) is 80.6 Å². The van der Waals surface area contributed by atoms with Gasteiger partial charge in [-0.05, 0) is 57.0 Å². The van der Waals surface area contributed by atoms with Gasteiger partial charge in [-0.2, -0.15) is 0 Å². The van der Waals surface area contributed by atoms with Gasteiger partial charge in [-0.25, -0.2) is 0 Å². The molecule has 0 bridgehead atoms. The maximum atomic E-state index is 12.6. The van der Waals surface area contributed by atoms with E-state index in [1.54, 1.807) is 7.11 Å². The number of carboxylic acid groups (broad SMARTS) is 1. The van der Waals surface area contributed by atoms with E-state index in [-0.39, 0.29) is 17.9 Å². The molecule has 132 valence electrons. The Morgan fingerprint density at radius 1 is 1.20 bits per heavy atom. The first-order valence-corrected chi connectivity index (χ1v) is 8.27. The predicted molar refractivity (Wildman–Crippen MR) is 93.4 cm³/mol. The smallest absolute Gasteiger partial charge is 0.306 e. The predicted octanol–water partition coefficient (Wildman–Crippen LogP) is 2.70. The summed E-state index contributed by atoms with van der Waals surface area (Å²) < 4.78 is 7.20. The Morgan fingerprint density at radius 2 is 1.84 bits per heavy atom. The molecule has 1 aliphatic rings. The van der Waals surface area contributed by atoms with Crippen LogP contribution < -0.4 is 10.1 Å². The van der Waals surface area contributed by atoms with Crippen LogP contribution in [0.1, 0.15) is 34.6 Å². The van der Waals surface area contributed by atoms with Crippen LogP contribution in [0, 0.1) is 19.8 Å². The van der Waals surface area contributed by atoms with Crippen molar-refractivity contribution in [2.24, 2.45) is 5.92 Å². The quantitative estimate of drug-likeness (QED) is 0.875. The van der Waals surface area contributed by atoms with Gasteiger partial charge < -0.3 is 19.7 Å². The normalized spacial score (nSPS) is 19.2. The number of hydrogen-bond donors (Lipinski definition) is 2. The van der Waals surface area contributed by atoms with Gasteiger partial charge in [-0.15, -0.1) is 0 Å². The summed E-state index contributed by atoms with van der Waals surface area (Å²) in [5.41, 5.74) is 3.40. The van der Waals surface area contributed by atoms with Crippen molar-refractivity contribution in [3.63, 3.8) is 0 Å². The van der Waals surface area contributed by atoms with Crippen LogP contribution in [-0.2, 0) is 4.79 Å². The van der Waals surface area contributed by atoms with Gasteiger partial charge in [0, 0.05) is 23.1 Å². The summed E-state index contributed by atoms with van der Waals surface area (Å²) in [7, 11) is 1.62. The third-order valence-electron chi connectivity index (χ3n) is 4.83. The van der Waals surface area contributed by atoms with E-state index in [4.69, 9.17) is 9.84 Å². The van der Waals surface area contributed by atoms with Crippen molar-refractivity contribution in [3.05, 3.63) is 47.3 Å². The Morgan fingerprint density at radius 3 is 2.40 bits per heavy atom. The Kier molecular flexibility index (Phi) is 4.53. The lowest BCUT2D eigenvalue weighted by atomic mass is 9.80. The molecular weight excluding hydrogens is 320 g/mol. The number of aliphatic carboxylic acids is 1. The molecule has 0 spiro atoms. The van der Waals surface area contributed by atoms with Crippen LogP contribution in [0.15, 0.2) is 30.3 Å². The molecule has 0 atom stereocenters. The van der Waals surface area contributed by atoms with Crippen LogP contribution in [0.4, 0.5) is 0 Å². The maximum absolute atomic E-state index is 12.6. The van der Waals surface area contributed by atoms with Gasteiger partial charge in [0.25, 0.3) is 5.91 Å². The number of rotatable bonds is 5. The minimum absolute atomic E-state index is 0.0577. The number of aromatic nitrogens is 1. The van der Waals surface area contributed by atoms with Crippen LogP contribution in [0.25, 0.3) is 5.69 Å². The Bertz CT molecular complexity index is 802. The molecule has 25 heavy (non-hydrogen) atoms. The van der Waals surface area contributed by atoms with E-state index in [0.29, 0.717) is 18.4 Å². The number of ether oxygens (including phenoxy) is 1. The van der Waals surface area contributed by atoms with Gasteiger partial charge in [0.05, 0.1) is 18.6 Å². The summed E-state index contributed by atoms with van der Waals surface area (Å²) >= 11 is 0. The average Bonchev–Trinajstić information content (AvgIpc) is 2.85. The monoisotopic (exact) mass is 342 g/mol. The highest BCUT2D eigenvalue weighted by atomic mass is 16.5. The third-order valence-corrected chi connectivity index (χ3v) is 4.83. The van der Waals surface area contributed by atoms with Crippen molar-refractivity contribution in [2.45, 2.75) is 32.7 Å². The largest absolute Gasteiger partial charge is 0.497 e. The lowest BCUT2D eigenvalue weighted by molar-refractivity contribution is -0.145. The van der Waals surface area contributed by atoms with Crippen molar-refractivity contribution in [1.82, 2.24) is 9.88 Å². The summed E-state index contributed by atoms with van der Waals surface area (Å²) in [5.74, 6) is -0.496. The molecule has 1 fully saturated rings. The summed E-state index contributed by atoms with van der Waals surface area (Å²) in [5, 5.41) is 11.9. The van der Waals surface area contributed by atoms with Gasteiger partial charge in [0.15, 0.2) is 0 Å². The van der Waals surface area contributed by atoms with Gasteiger partial charge in [-0.3, -0.25) is 9.59 Å². The molecule has 2 aromatic rings. The van der Waals surface area contributed by atoms with Gasteiger partial charge in [0.2, 0.25) is 0 Å². The number of aryl methyl sites for hydroxylation is 1. The number of amides is 1. The zero-order chi connectivity index (χ0) is 18.1. The molecule has 1 aliphatic carbocycles. The van der Waals surface area contributed by atoms with E-state index < -0.39 is 5.97 Å². The van der Waals surface area contributed by atoms with E-state index in [0.717, 1.165) is 22.8 Å². The van der Waals surface area contributed by atoms with Crippen molar-refractivity contribution in [2.75, 3.05) is 7.11 Å². The highest BCUT2D eigenvalue weighted by molar-refractivity contribution is 5.96. The highest BCUT2D eigenvalue weighted by Crippen LogP contribution is 2.28. The fourth-order valence-corrected chi connectivity index (χ4v) is 3.32. The van der Waals surface area contributed by atoms with Crippen LogP contribution in [0.5, 0.6) is 5.75 Å². The molecule has 3 rings (SSSR count). The number of hydrogen-bond acceptors (Lipinski definition) is 3. The Balaban J connectivity index is 1.77. The minimum Gasteiger partial charge on any atom is -0.497 e. The molecule has 1 aromatic heterocycles. The number of benzene rings is 1. The zero-order valence-electron chi connectivity index (χ0n) is 14.6. The highest BCUT2D eigenvalue weighted by Gasteiger charge is 2.35. The van der Waals surface area contributed by atoms with Gasteiger partial charge in [-0.1, -0.05) is 0 Å². The number of nitrogens with zero attached hydrogens (tertiary/aromatic N) is 1. The van der Waals surface area contributed by atoms with Crippen LogP contribution >= 0.6 is 0 Å². The molecule has 1 amide bonds. The molecule has 0 radical (unpaired) electrons. The number of carboxylic acids is 1. The molecular formula is C19H22N2O4. The first-order chi connectivity index (χ1) is 11.9. The van der Waals surface area contributed by atoms with Crippen LogP contribution in [0.3, 0.4) is 0 Å². The molecule has 2 N–H and O–H groups in total. The molecule has 6 nitrogen and oxygen atoms in total. The van der Waals surface area contributed by atoms with Crippen LogP contribution in [-0.4, -0.2) is 34.7 Å². The summed E-state index contributed by atoms with van der Waals surface area (Å²) in [6, 6.07) is 9.47.